The number of nitrogens with zero attached hydrogens (tertiary/aromatic N) is 1. The third-order valence-electron chi connectivity index (χ3n) is 4.58. The van der Waals surface area contributed by atoms with Crippen molar-refractivity contribution >= 4 is 11.8 Å². The summed E-state index contributed by atoms with van der Waals surface area (Å²) in [6, 6.07) is 6.86. The zero-order chi connectivity index (χ0) is 15.3. The van der Waals surface area contributed by atoms with Crippen molar-refractivity contribution in [3.05, 3.63) is 24.4 Å². The third kappa shape index (κ3) is 5.00. The monoisotopic (exact) mass is 306 g/mol. The summed E-state index contributed by atoms with van der Waals surface area (Å²) >= 11 is 1.97. The number of aromatic nitrogens is 1. The molecule has 1 aromatic heterocycles. The van der Waals surface area contributed by atoms with Crippen LogP contribution in [0.5, 0.6) is 0 Å². The van der Waals surface area contributed by atoms with Gasteiger partial charge in [-0.15, -0.1) is 11.8 Å². The Morgan fingerprint density at radius 1 is 1.29 bits per heavy atom. The van der Waals surface area contributed by atoms with Gasteiger partial charge in [0.05, 0.1) is 5.03 Å². The first kappa shape index (κ1) is 16.8. The molecule has 3 heteroatoms. The molecule has 3 unspecified atom stereocenters. The molecule has 1 aliphatic rings. The van der Waals surface area contributed by atoms with Gasteiger partial charge in [0.1, 0.15) is 0 Å². The molecule has 0 spiro atoms. The van der Waals surface area contributed by atoms with Crippen molar-refractivity contribution in [3.63, 3.8) is 0 Å². The summed E-state index contributed by atoms with van der Waals surface area (Å²) in [4.78, 5) is 4.51. The molecule has 0 aromatic carbocycles. The fourth-order valence-electron chi connectivity index (χ4n) is 3.18. The van der Waals surface area contributed by atoms with Crippen LogP contribution in [0, 0.1) is 11.3 Å². The van der Waals surface area contributed by atoms with E-state index in [1.54, 1.807) is 0 Å². The zero-order valence-corrected chi connectivity index (χ0v) is 14.7. The first-order valence-corrected chi connectivity index (χ1v) is 9.19. The van der Waals surface area contributed by atoms with Crippen LogP contribution in [0.4, 0.5) is 0 Å². The van der Waals surface area contributed by atoms with Crippen LogP contribution in [0.25, 0.3) is 0 Å². The standard InChI is InChI=1S/C18H30N2S/c1-5-11-19-15-10-9-14(18(2,3)4)13-16(15)21-17-8-6-7-12-20-17/h6-8,12,14-16,19H,5,9-11,13H2,1-4H3. The summed E-state index contributed by atoms with van der Waals surface area (Å²) in [6.07, 6.45) is 7.06. The van der Waals surface area contributed by atoms with Gasteiger partial charge in [-0.1, -0.05) is 33.8 Å². The highest BCUT2D eigenvalue weighted by atomic mass is 32.2. The molecule has 118 valence electrons. The Morgan fingerprint density at radius 3 is 2.71 bits per heavy atom. The van der Waals surface area contributed by atoms with E-state index in [1.165, 1.54) is 30.7 Å². The van der Waals surface area contributed by atoms with Gasteiger partial charge in [-0.25, -0.2) is 4.98 Å². The van der Waals surface area contributed by atoms with Gasteiger partial charge in [-0.2, -0.15) is 0 Å². The van der Waals surface area contributed by atoms with E-state index in [-0.39, 0.29) is 0 Å². The van der Waals surface area contributed by atoms with Crippen LogP contribution in [0.3, 0.4) is 0 Å². The van der Waals surface area contributed by atoms with Crippen LogP contribution in [0.15, 0.2) is 29.4 Å². The van der Waals surface area contributed by atoms with Gasteiger partial charge < -0.3 is 5.32 Å². The molecule has 1 N–H and O–H groups in total. The van der Waals surface area contributed by atoms with Gasteiger partial charge in [0, 0.05) is 17.5 Å². The Bertz CT molecular complexity index is 413. The summed E-state index contributed by atoms with van der Waals surface area (Å²) in [5.41, 5.74) is 0.415. The fourth-order valence-corrected chi connectivity index (χ4v) is 4.50. The molecule has 0 saturated heterocycles. The van der Waals surface area contributed by atoms with Crippen LogP contribution < -0.4 is 5.32 Å². The van der Waals surface area contributed by atoms with Crippen molar-refractivity contribution in [2.45, 2.75) is 69.7 Å². The fraction of sp³-hybridized carbons (Fsp3) is 0.722. The minimum atomic E-state index is 0.415. The van der Waals surface area contributed by atoms with Crippen LogP contribution in [-0.2, 0) is 0 Å². The highest BCUT2D eigenvalue weighted by Gasteiger charge is 2.36. The molecule has 0 radical (unpaired) electrons. The Balaban J connectivity index is 2.05. The molecule has 0 amide bonds. The number of hydrogen-bond donors (Lipinski definition) is 1. The Morgan fingerprint density at radius 2 is 2.10 bits per heavy atom. The Kier molecular flexibility index (Phi) is 6.12. The maximum atomic E-state index is 4.51. The minimum absolute atomic E-state index is 0.415. The smallest absolute Gasteiger partial charge is 0.0963 e. The van der Waals surface area contributed by atoms with Gasteiger partial charge in [-0.3, -0.25) is 0 Å². The van der Waals surface area contributed by atoms with Crippen LogP contribution in [0.1, 0.15) is 53.4 Å². The first-order chi connectivity index (χ1) is 10.0. The molecule has 1 saturated carbocycles. The van der Waals surface area contributed by atoms with E-state index in [1.807, 2.05) is 24.0 Å². The van der Waals surface area contributed by atoms with E-state index in [4.69, 9.17) is 0 Å². The predicted molar refractivity (Wildman–Crippen MR) is 92.8 cm³/mol. The van der Waals surface area contributed by atoms with Gasteiger partial charge >= 0.3 is 0 Å². The molecule has 3 atom stereocenters. The molecule has 0 aliphatic heterocycles. The highest BCUT2D eigenvalue weighted by molar-refractivity contribution is 7.99. The second kappa shape index (κ2) is 7.64. The van der Waals surface area contributed by atoms with Gasteiger partial charge in [0.2, 0.25) is 0 Å². The lowest BCUT2D eigenvalue weighted by atomic mass is 9.71. The van der Waals surface area contributed by atoms with Gasteiger partial charge in [-0.05, 0) is 55.7 Å². The number of hydrogen-bond acceptors (Lipinski definition) is 3. The lowest BCUT2D eigenvalue weighted by molar-refractivity contribution is 0.165. The van der Waals surface area contributed by atoms with Crippen LogP contribution >= 0.6 is 11.8 Å². The summed E-state index contributed by atoms with van der Waals surface area (Å²) in [6.45, 7) is 10.5. The average molecular weight is 307 g/mol. The summed E-state index contributed by atoms with van der Waals surface area (Å²) in [5, 5.41) is 5.57. The lowest BCUT2D eigenvalue weighted by Crippen LogP contribution is -2.45. The van der Waals surface area contributed by atoms with E-state index in [9.17, 15) is 0 Å². The largest absolute Gasteiger partial charge is 0.313 e. The molecule has 2 nitrogen and oxygen atoms in total. The summed E-state index contributed by atoms with van der Waals surface area (Å²) in [5.74, 6) is 0.818. The SMILES string of the molecule is CCCNC1CCC(C(C)(C)C)CC1Sc1ccccn1. The molecule has 1 heterocycles. The number of rotatable bonds is 5. The van der Waals surface area contributed by atoms with Gasteiger partial charge in [0.15, 0.2) is 0 Å². The van der Waals surface area contributed by atoms with E-state index in [2.05, 4.69) is 50.1 Å². The zero-order valence-electron chi connectivity index (χ0n) is 13.9. The molecule has 2 rings (SSSR count). The summed E-state index contributed by atoms with van der Waals surface area (Å²) in [7, 11) is 0. The second-order valence-electron chi connectivity index (χ2n) is 7.26. The number of nitrogens with one attached hydrogen (secondary N) is 1. The van der Waals surface area contributed by atoms with Crippen molar-refractivity contribution in [1.82, 2.24) is 10.3 Å². The molecule has 1 fully saturated rings. The number of thioether (sulfide) groups is 1. The third-order valence-corrected chi connectivity index (χ3v) is 5.89. The van der Waals surface area contributed by atoms with Crippen molar-refractivity contribution in [1.29, 1.82) is 0 Å². The maximum absolute atomic E-state index is 4.51. The molecular formula is C18H30N2S. The van der Waals surface area contributed by atoms with Crippen molar-refractivity contribution in [2.75, 3.05) is 6.54 Å². The van der Waals surface area contributed by atoms with Crippen LogP contribution in [-0.4, -0.2) is 22.8 Å². The average Bonchev–Trinajstić information content (AvgIpc) is 2.46. The molecule has 1 aliphatic carbocycles. The van der Waals surface area contributed by atoms with Crippen molar-refractivity contribution < 1.29 is 0 Å². The Hall–Kier alpha value is -0.540. The van der Waals surface area contributed by atoms with Crippen molar-refractivity contribution in [2.24, 2.45) is 11.3 Å². The van der Waals surface area contributed by atoms with Crippen molar-refractivity contribution in [3.8, 4) is 0 Å². The quantitative estimate of drug-likeness (QED) is 0.849. The summed E-state index contributed by atoms with van der Waals surface area (Å²) < 4.78 is 0. The first-order valence-electron chi connectivity index (χ1n) is 8.31. The van der Waals surface area contributed by atoms with Crippen LogP contribution in [0.2, 0.25) is 0 Å². The lowest BCUT2D eigenvalue weighted by Gasteiger charge is -2.41. The predicted octanol–water partition coefficient (Wildman–Crippen LogP) is 4.76. The maximum Gasteiger partial charge on any atom is 0.0963 e. The molecular weight excluding hydrogens is 276 g/mol. The Labute approximate surface area is 134 Å². The minimum Gasteiger partial charge on any atom is -0.313 e. The topological polar surface area (TPSA) is 24.9 Å². The van der Waals surface area contributed by atoms with E-state index < -0.39 is 0 Å². The highest BCUT2D eigenvalue weighted by Crippen LogP contribution is 2.43. The molecule has 0 bridgehead atoms. The molecule has 21 heavy (non-hydrogen) atoms. The van der Waals surface area contributed by atoms with Gasteiger partial charge in [0.25, 0.3) is 0 Å². The van der Waals surface area contributed by atoms with E-state index in [0.29, 0.717) is 16.7 Å². The number of pyridine rings is 1. The molecule has 1 aromatic rings. The normalized spacial score (nSPS) is 26.8. The van der Waals surface area contributed by atoms with E-state index >= 15 is 0 Å². The van der Waals surface area contributed by atoms with E-state index in [0.717, 1.165) is 12.5 Å². The second-order valence-corrected chi connectivity index (χ2v) is 8.52.